The van der Waals surface area contributed by atoms with Gasteiger partial charge in [-0.05, 0) is 38.0 Å². The Hall–Kier alpha value is -3.46. The van der Waals surface area contributed by atoms with Crippen LogP contribution in [0.25, 0.3) is 16.9 Å². The van der Waals surface area contributed by atoms with Gasteiger partial charge in [-0.25, -0.2) is 14.4 Å². The summed E-state index contributed by atoms with van der Waals surface area (Å²) in [5.74, 6) is 1.16. The highest BCUT2D eigenvalue weighted by Crippen LogP contribution is 2.31. The number of nitrogens with zero attached hydrogens (tertiary/aromatic N) is 5. The van der Waals surface area contributed by atoms with Crippen LogP contribution in [0.4, 0.5) is 10.3 Å². The number of hydrogen-bond acceptors (Lipinski definition) is 6. The van der Waals surface area contributed by atoms with Crippen LogP contribution in [0.1, 0.15) is 41.8 Å². The first kappa shape index (κ1) is 21.1. The van der Waals surface area contributed by atoms with Crippen molar-refractivity contribution in [2.24, 2.45) is 7.05 Å². The van der Waals surface area contributed by atoms with Gasteiger partial charge in [0.25, 0.3) is 0 Å². The topological polar surface area (TPSA) is 81.3 Å². The molecule has 0 unspecified atom stereocenters. The zero-order valence-electron chi connectivity index (χ0n) is 19.4. The highest BCUT2D eigenvalue weighted by Gasteiger charge is 2.21. The van der Waals surface area contributed by atoms with E-state index in [1.165, 1.54) is 25.3 Å². The summed E-state index contributed by atoms with van der Waals surface area (Å²) in [7, 11) is 1.92. The molecule has 2 N–H and O–H groups in total. The first-order chi connectivity index (χ1) is 16.6. The monoisotopic (exact) mass is 461 g/mol. The molecular weight excluding hydrogens is 433 g/mol. The number of rotatable bonds is 7. The van der Waals surface area contributed by atoms with Crippen molar-refractivity contribution in [3.8, 4) is 17.0 Å². The van der Waals surface area contributed by atoms with Crippen LogP contribution in [-0.2, 0) is 26.6 Å². The predicted octanol–water partition coefficient (Wildman–Crippen LogP) is 3.77. The van der Waals surface area contributed by atoms with E-state index in [0.29, 0.717) is 43.7 Å². The maximum Gasteiger partial charge on any atom is 0.208 e. The average Bonchev–Trinajstić information content (AvgIpc) is 3.50. The van der Waals surface area contributed by atoms with E-state index in [1.54, 1.807) is 6.07 Å². The second-order valence-corrected chi connectivity index (χ2v) is 9.18. The van der Waals surface area contributed by atoms with Crippen LogP contribution in [0.15, 0.2) is 30.6 Å². The molecule has 0 radical (unpaired) electrons. The number of nitrogens with one attached hydrogen (secondary N) is 2. The van der Waals surface area contributed by atoms with Crippen LogP contribution in [-0.4, -0.2) is 36.8 Å². The molecule has 3 aromatic heterocycles. The lowest BCUT2D eigenvalue weighted by Gasteiger charge is -2.26. The molecule has 0 atom stereocenters. The molecular formula is C25H28FN7O. The van der Waals surface area contributed by atoms with E-state index in [-0.39, 0.29) is 5.82 Å². The van der Waals surface area contributed by atoms with Crippen LogP contribution in [0, 0.1) is 12.7 Å². The summed E-state index contributed by atoms with van der Waals surface area (Å²) in [6.45, 7) is 3.58. The van der Waals surface area contributed by atoms with Crippen LogP contribution < -0.4 is 15.4 Å². The van der Waals surface area contributed by atoms with E-state index in [1.807, 2.05) is 41.5 Å². The maximum absolute atomic E-state index is 14.7. The van der Waals surface area contributed by atoms with Crippen LogP contribution in [0.3, 0.4) is 0 Å². The molecule has 1 aliphatic heterocycles. The number of anilines is 1. The van der Waals surface area contributed by atoms with Crippen molar-refractivity contribution >= 4 is 11.6 Å². The van der Waals surface area contributed by atoms with Gasteiger partial charge < -0.3 is 15.4 Å². The first-order valence-electron chi connectivity index (χ1n) is 11.8. The van der Waals surface area contributed by atoms with E-state index < -0.39 is 0 Å². The van der Waals surface area contributed by atoms with Gasteiger partial charge in [0.1, 0.15) is 11.6 Å². The Kier molecular flexibility index (Phi) is 5.21. The van der Waals surface area contributed by atoms with Gasteiger partial charge in [-0.1, -0.05) is 6.42 Å². The molecule has 176 valence electrons. The van der Waals surface area contributed by atoms with Crippen molar-refractivity contribution in [3.63, 3.8) is 0 Å². The van der Waals surface area contributed by atoms with E-state index in [0.717, 1.165) is 39.6 Å². The van der Waals surface area contributed by atoms with Gasteiger partial charge in [0.2, 0.25) is 5.95 Å². The Labute approximate surface area is 197 Å². The highest BCUT2D eigenvalue weighted by molar-refractivity contribution is 5.76. The molecule has 1 aliphatic carbocycles. The fourth-order valence-electron chi connectivity index (χ4n) is 4.82. The molecule has 0 spiro atoms. The van der Waals surface area contributed by atoms with Crippen molar-refractivity contribution < 1.29 is 9.13 Å². The van der Waals surface area contributed by atoms with E-state index in [9.17, 15) is 4.39 Å². The highest BCUT2D eigenvalue weighted by atomic mass is 19.1. The van der Waals surface area contributed by atoms with Gasteiger partial charge in [0.15, 0.2) is 5.65 Å². The lowest BCUT2D eigenvalue weighted by Crippen LogP contribution is -2.34. The molecule has 0 amide bonds. The summed E-state index contributed by atoms with van der Waals surface area (Å²) in [4.78, 5) is 9.65. The molecule has 0 bridgehead atoms. The molecule has 1 saturated carbocycles. The summed E-state index contributed by atoms with van der Waals surface area (Å²) in [6.07, 6.45) is 8.27. The summed E-state index contributed by atoms with van der Waals surface area (Å²) < 4.78 is 24.1. The van der Waals surface area contributed by atoms with E-state index >= 15 is 0 Å². The van der Waals surface area contributed by atoms with Gasteiger partial charge in [-0.3, -0.25) is 9.08 Å². The number of aromatic nitrogens is 5. The Morgan fingerprint density at radius 3 is 2.88 bits per heavy atom. The maximum atomic E-state index is 14.7. The van der Waals surface area contributed by atoms with Gasteiger partial charge in [-0.15, -0.1) is 0 Å². The van der Waals surface area contributed by atoms with Crippen molar-refractivity contribution in [2.75, 3.05) is 11.9 Å². The summed E-state index contributed by atoms with van der Waals surface area (Å²) in [5.41, 5.74) is 6.10. The normalized spacial score (nSPS) is 15.4. The third-order valence-electron chi connectivity index (χ3n) is 6.86. The Morgan fingerprint density at radius 1 is 1.24 bits per heavy atom. The summed E-state index contributed by atoms with van der Waals surface area (Å²) in [5, 5.41) is 11.4. The number of ether oxygens (including phenoxy) is 1. The quantitative estimate of drug-likeness (QED) is 0.436. The zero-order valence-corrected chi connectivity index (χ0v) is 19.4. The molecule has 8 nitrogen and oxygen atoms in total. The van der Waals surface area contributed by atoms with E-state index in [2.05, 4.69) is 15.7 Å². The molecule has 34 heavy (non-hydrogen) atoms. The van der Waals surface area contributed by atoms with Gasteiger partial charge in [0.05, 0.1) is 29.3 Å². The minimum Gasteiger partial charge on any atom is -0.493 e. The van der Waals surface area contributed by atoms with E-state index in [4.69, 9.17) is 14.7 Å². The number of benzene rings is 1. The van der Waals surface area contributed by atoms with Crippen LogP contribution in [0.2, 0.25) is 0 Å². The number of aryl methyl sites for hydroxylation is 2. The smallest absolute Gasteiger partial charge is 0.208 e. The second-order valence-electron chi connectivity index (χ2n) is 9.18. The Morgan fingerprint density at radius 2 is 2.12 bits per heavy atom. The summed E-state index contributed by atoms with van der Waals surface area (Å²) in [6, 6.07) is 5.79. The number of hydrogen-bond donors (Lipinski definition) is 2. The third-order valence-corrected chi connectivity index (χ3v) is 6.86. The van der Waals surface area contributed by atoms with Gasteiger partial charge in [0, 0.05) is 56.1 Å². The van der Waals surface area contributed by atoms with Crippen LogP contribution >= 0.6 is 0 Å². The summed E-state index contributed by atoms with van der Waals surface area (Å²) >= 11 is 0. The number of imidazole rings is 1. The molecule has 6 rings (SSSR count). The minimum absolute atomic E-state index is 0.231. The fourth-order valence-corrected chi connectivity index (χ4v) is 4.82. The molecule has 2 aliphatic rings. The van der Waals surface area contributed by atoms with Gasteiger partial charge >= 0.3 is 0 Å². The molecule has 4 heterocycles. The lowest BCUT2D eigenvalue weighted by atomic mass is 9.93. The van der Waals surface area contributed by atoms with Gasteiger partial charge in [-0.2, -0.15) is 5.10 Å². The van der Waals surface area contributed by atoms with Crippen molar-refractivity contribution in [1.82, 2.24) is 29.5 Å². The van der Waals surface area contributed by atoms with Crippen LogP contribution in [0.5, 0.6) is 5.75 Å². The molecule has 0 saturated heterocycles. The predicted molar refractivity (Wildman–Crippen MR) is 127 cm³/mol. The lowest BCUT2D eigenvalue weighted by molar-refractivity contribution is 0.337. The molecule has 4 aromatic rings. The fraction of sp³-hybridized carbons (Fsp3) is 0.400. The molecule has 1 aromatic carbocycles. The number of fused-ring (bicyclic) bond motifs is 2. The first-order valence-corrected chi connectivity index (χ1v) is 11.8. The standard InChI is InChI=1S/C25H28FN7O/c1-15-10-22(32(2)31-15)20-13-29-25(28-12-19-18-8-9-34-23(18)7-6-21(19)26)33-14-17(30-24(20)33)11-27-16-4-3-5-16/h6-7,10,13-14,16,27H,3-5,8-9,11-12H2,1-2H3,(H,28,29). The van der Waals surface area contributed by atoms with Crippen molar-refractivity contribution in [1.29, 1.82) is 0 Å². The number of halogens is 1. The Bertz CT molecular complexity index is 1370. The minimum atomic E-state index is -0.231. The second kappa shape index (κ2) is 8.39. The Balaban J connectivity index is 1.36. The largest absolute Gasteiger partial charge is 0.493 e. The molecule has 1 fully saturated rings. The zero-order chi connectivity index (χ0) is 23.2. The average molecular weight is 462 g/mol. The SMILES string of the molecule is Cc1cc(-c2cnc(NCc3c(F)ccc4c3CCO4)n3cc(CNC4CCC4)nc23)n(C)n1. The third kappa shape index (κ3) is 3.69. The van der Waals surface area contributed by atoms with Crippen molar-refractivity contribution in [2.45, 2.75) is 51.7 Å². The van der Waals surface area contributed by atoms with Crippen molar-refractivity contribution in [3.05, 3.63) is 58.9 Å². The molecule has 9 heteroatoms.